The van der Waals surface area contributed by atoms with Gasteiger partial charge in [-0.05, 0) is 34.2 Å². The Morgan fingerprint density at radius 1 is 0.900 bits per heavy atom. The normalized spacial score (nSPS) is 11.2. The fourth-order valence-electron chi connectivity index (χ4n) is 2.37. The lowest BCUT2D eigenvalue weighted by Gasteiger charge is -2.09. The predicted molar refractivity (Wildman–Crippen MR) is 91.2 cm³/mol. The van der Waals surface area contributed by atoms with Gasteiger partial charge in [-0.3, -0.25) is 0 Å². The van der Waals surface area contributed by atoms with E-state index in [1.54, 1.807) is 0 Å². The highest BCUT2D eigenvalue weighted by Gasteiger charge is 2.04. The first-order valence-electron chi connectivity index (χ1n) is 6.94. The van der Waals surface area contributed by atoms with Gasteiger partial charge in [0.1, 0.15) is 0 Å². The van der Waals surface area contributed by atoms with Crippen LogP contribution in [0.5, 0.6) is 0 Å². The molecule has 0 unspecified atom stereocenters. The van der Waals surface area contributed by atoms with E-state index in [0.717, 1.165) is 17.5 Å². The first kappa shape index (κ1) is 14.1. The predicted octanol–water partition coefficient (Wildman–Crippen LogP) is 5.92. The van der Waals surface area contributed by atoms with E-state index >= 15 is 0 Å². The summed E-state index contributed by atoms with van der Waals surface area (Å²) in [7, 11) is 0. The van der Waals surface area contributed by atoms with Crippen LogP contribution in [0.15, 0.2) is 61.7 Å². The largest absolute Gasteiger partial charge is 0.0984 e. The van der Waals surface area contributed by atoms with Crippen molar-refractivity contribution in [1.29, 1.82) is 0 Å². The molecule has 0 amide bonds. The molecule has 0 spiro atoms. The molecule has 0 bridgehead atoms. The van der Waals surface area contributed by atoms with Crippen LogP contribution in [0, 0.1) is 0 Å². The second-order valence-corrected chi connectivity index (χ2v) is 4.65. The summed E-state index contributed by atoms with van der Waals surface area (Å²) < 4.78 is 0. The summed E-state index contributed by atoms with van der Waals surface area (Å²) >= 11 is 0. The summed E-state index contributed by atoms with van der Waals surface area (Å²) in [6, 6.07) is 16.8. The molecule has 0 aliphatic heterocycles. The van der Waals surface area contributed by atoms with Gasteiger partial charge in [-0.2, -0.15) is 0 Å². The molecule has 20 heavy (non-hydrogen) atoms. The van der Waals surface area contributed by atoms with Crippen molar-refractivity contribution in [3.05, 3.63) is 83.9 Å². The first-order chi connectivity index (χ1) is 9.80. The van der Waals surface area contributed by atoms with E-state index in [9.17, 15) is 0 Å². The number of hydrogen-bond donors (Lipinski definition) is 0. The highest BCUT2D eigenvalue weighted by molar-refractivity contribution is 5.85. The second-order valence-electron chi connectivity index (χ2n) is 4.65. The van der Waals surface area contributed by atoms with Gasteiger partial charge in [0.2, 0.25) is 0 Å². The molecule has 0 nitrogen and oxygen atoms in total. The molecule has 0 atom stereocenters. The zero-order chi connectivity index (χ0) is 14.4. The monoisotopic (exact) mass is 260 g/mol. The van der Waals surface area contributed by atoms with Gasteiger partial charge < -0.3 is 0 Å². The van der Waals surface area contributed by atoms with E-state index in [-0.39, 0.29) is 0 Å². The molecule has 0 saturated carbocycles. The van der Waals surface area contributed by atoms with Gasteiger partial charge in [-0.1, -0.05) is 86.8 Å². The summed E-state index contributed by atoms with van der Waals surface area (Å²) in [6.45, 7) is 9.98. The average Bonchev–Trinajstić information content (AvgIpc) is 2.52. The average molecular weight is 260 g/mol. The van der Waals surface area contributed by atoms with E-state index in [1.807, 2.05) is 18.2 Å². The molecule has 0 saturated heterocycles. The lowest BCUT2D eigenvalue weighted by atomic mass is 9.95. The summed E-state index contributed by atoms with van der Waals surface area (Å²) in [5.41, 5.74) is 6.06. The number of benzene rings is 2. The standard InChI is InChI=1S/C20H20/c1-4-16-13-10-14-19(20(16)6-3)15-17(5-2)18-11-8-7-9-12-18/h4,6-15H,1,3,5H2,2H3. The van der Waals surface area contributed by atoms with Crippen LogP contribution >= 0.6 is 0 Å². The quantitative estimate of drug-likeness (QED) is 0.585. The molecular weight excluding hydrogens is 240 g/mol. The molecular formula is C20H20. The van der Waals surface area contributed by atoms with Crippen LogP contribution < -0.4 is 0 Å². The van der Waals surface area contributed by atoms with Gasteiger partial charge in [0.05, 0.1) is 0 Å². The zero-order valence-corrected chi connectivity index (χ0v) is 12.0. The van der Waals surface area contributed by atoms with Gasteiger partial charge in [0, 0.05) is 0 Å². The second kappa shape index (κ2) is 6.72. The molecule has 0 aliphatic carbocycles. The molecule has 0 radical (unpaired) electrons. The fourth-order valence-corrected chi connectivity index (χ4v) is 2.37. The highest BCUT2D eigenvalue weighted by Crippen LogP contribution is 2.25. The molecule has 0 aromatic heterocycles. The van der Waals surface area contributed by atoms with E-state index in [1.165, 1.54) is 16.7 Å². The van der Waals surface area contributed by atoms with Gasteiger partial charge in [-0.25, -0.2) is 0 Å². The van der Waals surface area contributed by atoms with Crippen molar-refractivity contribution in [2.45, 2.75) is 13.3 Å². The topological polar surface area (TPSA) is 0 Å². The molecule has 100 valence electrons. The van der Waals surface area contributed by atoms with Crippen molar-refractivity contribution in [2.75, 3.05) is 0 Å². The van der Waals surface area contributed by atoms with Gasteiger partial charge >= 0.3 is 0 Å². The Morgan fingerprint density at radius 3 is 2.20 bits per heavy atom. The third-order valence-electron chi connectivity index (χ3n) is 3.45. The molecule has 2 aromatic rings. The SMILES string of the molecule is C=Cc1cccc(C=C(CC)c2ccccc2)c1C=C. The Labute approximate surface area is 121 Å². The zero-order valence-electron chi connectivity index (χ0n) is 12.0. The van der Waals surface area contributed by atoms with Gasteiger partial charge in [-0.15, -0.1) is 0 Å². The minimum atomic E-state index is 0.999. The third-order valence-corrected chi connectivity index (χ3v) is 3.45. The Hall–Kier alpha value is -2.34. The van der Waals surface area contributed by atoms with Crippen LogP contribution in [0.25, 0.3) is 23.8 Å². The highest BCUT2D eigenvalue weighted by atomic mass is 14.1. The molecule has 2 rings (SSSR count). The van der Waals surface area contributed by atoms with Crippen molar-refractivity contribution >= 4 is 23.8 Å². The maximum atomic E-state index is 3.93. The minimum absolute atomic E-state index is 0.999. The number of hydrogen-bond acceptors (Lipinski definition) is 0. The van der Waals surface area contributed by atoms with Crippen LogP contribution in [0.2, 0.25) is 0 Å². The molecule has 0 N–H and O–H groups in total. The summed E-state index contributed by atoms with van der Waals surface area (Å²) in [5.74, 6) is 0. The maximum Gasteiger partial charge on any atom is -0.0117 e. The van der Waals surface area contributed by atoms with Crippen molar-refractivity contribution < 1.29 is 0 Å². The van der Waals surface area contributed by atoms with Crippen molar-refractivity contribution in [1.82, 2.24) is 0 Å². The lowest BCUT2D eigenvalue weighted by molar-refractivity contribution is 1.25. The molecule has 0 fully saturated rings. The summed E-state index contributed by atoms with van der Waals surface area (Å²) in [6.07, 6.45) is 7.03. The first-order valence-corrected chi connectivity index (χ1v) is 6.94. The van der Waals surface area contributed by atoms with Crippen LogP contribution in [-0.2, 0) is 0 Å². The minimum Gasteiger partial charge on any atom is -0.0984 e. The van der Waals surface area contributed by atoms with E-state index in [4.69, 9.17) is 0 Å². The molecule has 0 heteroatoms. The fraction of sp³-hybridized carbons (Fsp3) is 0.100. The van der Waals surface area contributed by atoms with Crippen LogP contribution in [0.3, 0.4) is 0 Å². The number of allylic oxidation sites excluding steroid dienone is 1. The van der Waals surface area contributed by atoms with Crippen LogP contribution in [0.4, 0.5) is 0 Å². The Morgan fingerprint density at radius 2 is 1.60 bits per heavy atom. The van der Waals surface area contributed by atoms with Crippen LogP contribution in [0.1, 0.15) is 35.6 Å². The summed E-state index contributed by atoms with van der Waals surface area (Å²) in [4.78, 5) is 0. The van der Waals surface area contributed by atoms with E-state index < -0.39 is 0 Å². The van der Waals surface area contributed by atoms with Crippen LogP contribution in [-0.4, -0.2) is 0 Å². The summed E-state index contributed by atoms with van der Waals surface area (Å²) in [5, 5.41) is 0. The lowest BCUT2D eigenvalue weighted by Crippen LogP contribution is -1.88. The van der Waals surface area contributed by atoms with Gasteiger partial charge in [0.15, 0.2) is 0 Å². The van der Waals surface area contributed by atoms with E-state index in [2.05, 4.69) is 68.6 Å². The molecule has 0 heterocycles. The maximum absolute atomic E-state index is 3.93. The molecule has 0 aliphatic rings. The van der Waals surface area contributed by atoms with Gasteiger partial charge in [0.25, 0.3) is 0 Å². The van der Waals surface area contributed by atoms with Crippen molar-refractivity contribution in [2.24, 2.45) is 0 Å². The third kappa shape index (κ3) is 2.97. The number of rotatable bonds is 5. The Balaban J connectivity index is 2.53. The Kier molecular flexibility index (Phi) is 4.73. The van der Waals surface area contributed by atoms with E-state index in [0.29, 0.717) is 0 Å². The van der Waals surface area contributed by atoms with Crippen molar-refractivity contribution in [3.63, 3.8) is 0 Å². The Bertz CT molecular complexity index is 630. The smallest absolute Gasteiger partial charge is 0.0117 e. The molecule has 2 aromatic carbocycles. The van der Waals surface area contributed by atoms with Crippen molar-refractivity contribution in [3.8, 4) is 0 Å².